The summed E-state index contributed by atoms with van der Waals surface area (Å²) in [5.41, 5.74) is 0.219. The molecule has 1 heterocycles. The molecule has 0 saturated heterocycles. The number of hydrogen-bond donors (Lipinski definition) is 0. The summed E-state index contributed by atoms with van der Waals surface area (Å²) in [6.07, 6.45) is -8.93. The van der Waals surface area contributed by atoms with Gasteiger partial charge in [0, 0.05) is 21.5 Å². The van der Waals surface area contributed by atoms with E-state index in [-0.39, 0.29) is 32.8 Å². The topological polar surface area (TPSA) is 59.9 Å². The molecule has 0 N–H and O–H groups in total. The third kappa shape index (κ3) is 3.93. The Hall–Kier alpha value is -5.12. The first-order chi connectivity index (χ1) is 19.9. The van der Waals surface area contributed by atoms with Crippen molar-refractivity contribution in [2.24, 2.45) is 0 Å². The molecule has 0 atom stereocenters. The molecule has 7 aromatic rings. The van der Waals surface area contributed by atoms with E-state index >= 15 is 0 Å². The van der Waals surface area contributed by atoms with Crippen molar-refractivity contribution in [3.63, 3.8) is 0 Å². The van der Waals surface area contributed by atoms with Gasteiger partial charge in [-0.25, -0.2) is 9.97 Å². The molecule has 0 radical (unpaired) electrons. The van der Waals surface area contributed by atoms with Gasteiger partial charge in [-0.3, -0.25) is 9.59 Å². The van der Waals surface area contributed by atoms with Crippen LogP contribution in [0.15, 0.2) is 94.5 Å². The lowest BCUT2D eigenvalue weighted by Gasteiger charge is -2.08. The zero-order chi connectivity index (χ0) is 29.6. The minimum absolute atomic E-state index is 0.0563. The highest BCUT2D eigenvalue weighted by molar-refractivity contribution is 6.15. The van der Waals surface area contributed by atoms with Gasteiger partial charge in [0.1, 0.15) is 22.1 Å². The van der Waals surface area contributed by atoms with Crippen LogP contribution in [0.25, 0.3) is 65.9 Å². The van der Waals surface area contributed by atoms with Gasteiger partial charge in [-0.05, 0) is 58.7 Å². The summed E-state index contributed by atoms with van der Waals surface area (Å²) >= 11 is 0. The van der Waals surface area contributed by atoms with Crippen molar-refractivity contribution in [1.82, 2.24) is 9.97 Å². The molecule has 10 heteroatoms. The molecule has 0 unspecified atom stereocenters. The summed E-state index contributed by atoms with van der Waals surface area (Å²) in [6, 6.07) is 18.9. The second-order valence-electron chi connectivity index (χ2n) is 9.95. The lowest BCUT2D eigenvalue weighted by Crippen LogP contribution is -2.04. The van der Waals surface area contributed by atoms with Crippen LogP contribution in [0.2, 0.25) is 0 Å². The summed E-state index contributed by atoms with van der Waals surface area (Å²) in [4.78, 5) is 35.8. The van der Waals surface area contributed by atoms with Gasteiger partial charge in [-0.1, -0.05) is 48.5 Å². The molecular formula is C32H14F6N2O2. The Balaban J connectivity index is 1.35. The molecule has 0 aliphatic carbocycles. The second kappa shape index (κ2) is 8.69. The fourth-order valence-corrected chi connectivity index (χ4v) is 5.32. The van der Waals surface area contributed by atoms with E-state index in [1.54, 1.807) is 36.4 Å². The van der Waals surface area contributed by atoms with E-state index in [1.807, 2.05) is 0 Å². The highest BCUT2D eigenvalue weighted by atomic mass is 19.4. The largest absolute Gasteiger partial charge is 0.416 e. The van der Waals surface area contributed by atoms with Gasteiger partial charge < -0.3 is 0 Å². The molecule has 6 aromatic carbocycles. The summed E-state index contributed by atoms with van der Waals surface area (Å²) in [7, 11) is 0. The van der Waals surface area contributed by atoms with E-state index in [9.17, 15) is 35.9 Å². The van der Waals surface area contributed by atoms with Gasteiger partial charge in [0.05, 0.1) is 11.1 Å². The Labute approximate surface area is 231 Å². The number of halogens is 6. The van der Waals surface area contributed by atoms with Gasteiger partial charge >= 0.3 is 12.4 Å². The maximum absolute atomic E-state index is 13.4. The smallest absolute Gasteiger partial charge is 0.287 e. The zero-order valence-corrected chi connectivity index (χ0v) is 21.1. The molecule has 4 nitrogen and oxygen atoms in total. The standard InChI is InChI=1S/C32H14F6N2O2/c33-31(34,35)19-7-1-15(2-8-19)17-5-11-21-23(13-17)29(41)27-25(21)39-28-26(40-27)22-12-6-18(14-24(22)30(28)42)16-3-9-20(10-4-16)32(36,37)38/h1-14H. The van der Waals surface area contributed by atoms with E-state index in [0.717, 1.165) is 24.3 Å². The molecule has 0 fully saturated rings. The molecule has 206 valence electrons. The summed E-state index contributed by atoms with van der Waals surface area (Å²) in [5.74, 6) is 0. The Morgan fingerprint density at radius 2 is 0.738 bits per heavy atom. The van der Waals surface area contributed by atoms with Gasteiger partial charge in [-0.15, -0.1) is 0 Å². The van der Waals surface area contributed by atoms with Crippen molar-refractivity contribution in [2.45, 2.75) is 12.4 Å². The Kier molecular flexibility index (Phi) is 5.34. The summed E-state index contributed by atoms with van der Waals surface area (Å²) in [5, 5.41) is 1.46. The Morgan fingerprint density at radius 1 is 0.405 bits per heavy atom. The lowest BCUT2D eigenvalue weighted by molar-refractivity contribution is -0.138. The van der Waals surface area contributed by atoms with Gasteiger partial charge in [-0.2, -0.15) is 26.3 Å². The third-order valence-electron chi connectivity index (χ3n) is 7.46. The normalized spacial score (nSPS) is 12.7. The first-order valence-corrected chi connectivity index (χ1v) is 12.6. The first-order valence-electron chi connectivity index (χ1n) is 12.6. The van der Waals surface area contributed by atoms with Crippen molar-refractivity contribution in [3.8, 4) is 22.3 Å². The Bertz CT molecular complexity index is 2130. The van der Waals surface area contributed by atoms with Crippen molar-refractivity contribution >= 4 is 43.6 Å². The Morgan fingerprint density at radius 3 is 1.07 bits per heavy atom. The minimum atomic E-state index is -4.47. The summed E-state index contributed by atoms with van der Waals surface area (Å²) < 4.78 is 77.7. The van der Waals surface area contributed by atoms with Crippen LogP contribution in [0.4, 0.5) is 26.3 Å². The van der Waals surface area contributed by atoms with Crippen molar-refractivity contribution in [3.05, 3.63) is 117 Å². The van der Waals surface area contributed by atoms with Crippen molar-refractivity contribution in [2.75, 3.05) is 0 Å². The zero-order valence-electron chi connectivity index (χ0n) is 21.1. The SMILES string of the molecule is O=c1c2cc(-c3ccc(C(F)(F)F)cc3)ccc2c2nc3c(=O)c4cc(-c5ccc(C(F)(F)F)cc5)ccc4c3nc12. The van der Waals surface area contributed by atoms with E-state index in [0.29, 0.717) is 33.0 Å². The van der Waals surface area contributed by atoms with Crippen molar-refractivity contribution in [1.29, 1.82) is 0 Å². The van der Waals surface area contributed by atoms with Gasteiger partial charge in [0.15, 0.2) is 0 Å². The highest BCUT2D eigenvalue weighted by Crippen LogP contribution is 2.35. The van der Waals surface area contributed by atoms with Crippen LogP contribution in [0.5, 0.6) is 0 Å². The quantitative estimate of drug-likeness (QED) is 0.197. The molecular weight excluding hydrogens is 558 g/mol. The first kappa shape index (κ1) is 25.8. The van der Waals surface area contributed by atoms with Crippen LogP contribution >= 0.6 is 0 Å². The van der Waals surface area contributed by atoms with Crippen LogP contribution in [0.3, 0.4) is 0 Å². The number of alkyl halides is 6. The van der Waals surface area contributed by atoms with E-state index in [4.69, 9.17) is 0 Å². The predicted octanol–water partition coefficient (Wildman–Crippen LogP) is 8.06. The number of benzene rings is 4. The maximum Gasteiger partial charge on any atom is 0.416 e. The monoisotopic (exact) mass is 572 g/mol. The molecule has 0 saturated carbocycles. The average Bonchev–Trinajstić information content (AvgIpc) is 3.41. The molecule has 0 bridgehead atoms. The molecule has 42 heavy (non-hydrogen) atoms. The molecule has 1 aromatic heterocycles. The minimum Gasteiger partial charge on any atom is -0.287 e. The maximum atomic E-state index is 13.4. The van der Waals surface area contributed by atoms with Gasteiger partial charge in [0.25, 0.3) is 0 Å². The number of fused-ring (bicyclic) bond motifs is 6. The van der Waals surface area contributed by atoms with Crippen molar-refractivity contribution < 1.29 is 26.3 Å². The molecule has 0 aliphatic heterocycles. The van der Waals surface area contributed by atoms with Crippen LogP contribution in [-0.4, -0.2) is 9.97 Å². The predicted molar refractivity (Wildman–Crippen MR) is 148 cm³/mol. The van der Waals surface area contributed by atoms with Crippen LogP contribution in [-0.2, 0) is 12.4 Å². The van der Waals surface area contributed by atoms with Crippen LogP contribution in [0.1, 0.15) is 11.1 Å². The average molecular weight is 572 g/mol. The van der Waals surface area contributed by atoms with E-state index in [1.165, 1.54) is 24.3 Å². The second-order valence-corrected chi connectivity index (χ2v) is 9.95. The molecule has 0 spiro atoms. The van der Waals surface area contributed by atoms with Crippen LogP contribution < -0.4 is 10.9 Å². The number of rotatable bonds is 2. The van der Waals surface area contributed by atoms with E-state index < -0.39 is 34.3 Å². The summed E-state index contributed by atoms with van der Waals surface area (Å²) in [6.45, 7) is 0. The molecule has 0 aliphatic rings. The highest BCUT2D eigenvalue weighted by Gasteiger charge is 2.31. The lowest BCUT2D eigenvalue weighted by atomic mass is 10.0. The fourth-order valence-electron chi connectivity index (χ4n) is 5.32. The number of aromatic nitrogens is 2. The molecule has 7 rings (SSSR count). The molecule has 0 amide bonds. The fraction of sp³-hybridized carbons (Fsp3) is 0.0625. The van der Waals surface area contributed by atoms with Gasteiger partial charge in [0.2, 0.25) is 10.9 Å². The van der Waals surface area contributed by atoms with Crippen LogP contribution in [0, 0.1) is 0 Å². The number of nitrogens with zero attached hydrogens (tertiary/aromatic N) is 2. The van der Waals surface area contributed by atoms with E-state index in [2.05, 4.69) is 9.97 Å². The third-order valence-corrected chi connectivity index (χ3v) is 7.46. The number of hydrogen-bond acceptors (Lipinski definition) is 4.